The maximum atomic E-state index is 5.94. The highest BCUT2D eigenvalue weighted by Crippen LogP contribution is 2.31. The van der Waals surface area contributed by atoms with Crippen molar-refractivity contribution >= 4 is 0 Å². The monoisotopic (exact) mass is 219 g/mol. The summed E-state index contributed by atoms with van der Waals surface area (Å²) < 4.78 is 5.94. The summed E-state index contributed by atoms with van der Waals surface area (Å²) in [6.07, 6.45) is 2.73. The van der Waals surface area contributed by atoms with Crippen molar-refractivity contribution in [3.63, 3.8) is 0 Å². The van der Waals surface area contributed by atoms with Crippen molar-refractivity contribution in [2.24, 2.45) is 5.92 Å². The van der Waals surface area contributed by atoms with Crippen LogP contribution in [0, 0.1) is 5.92 Å². The van der Waals surface area contributed by atoms with Crippen molar-refractivity contribution in [1.82, 2.24) is 5.32 Å². The van der Waals surface area contributed by atoms with Gasteiger partial charge in [0.1, 0.15) is 0 Å². The molecule has 1 saturated heterocycles. The van der Waals surface area contributed by atoms with Crippen LogP contribution in [0.1, 0.15) is 31.4 Å². The van der Waals surface area contributed by atoms with E-state index in [0.717, 1.165) is 19.7 Å². The Bertz CT molecular complexity index is 293. The van der Waals surface area contributed by atoms with Crippen LogP contribution in [0.25, 0.3) is 0 Å². The molecule has 0 aromatic heterocycles. The minimum Gasteiger partial charge on any atom is -0.374 e. The summed E-state index contributed by atoms with van der Waals surface area (Å²) in [6, 6.07) is 10.6. The van der Waals surface area contributed by atoms with Gasteiger partial charge in [-0.15, -0.1) is 0 Å². The smallest absolute Gasteiger partial charge is 0.0853 e. The third-order valence-electron chi connectivity index (χ3n) is 3.29. The van der Waals surface area contributed by atoms with Gasteiger partial charge < -0.3 is 10.1 Å². The fraction of sp³-hybridized carbons (Fsp3) is 0.571. The highest BCUT2D eigenvalue weighted by atomic mass is 16.5. The summed E-state index contributed by atoms with van der Waals surface area (Å²) in [5.74, 6) is 0.670. The maximum Gasteiger partial charge on any atom is 0.0853 e. The average molecular weight is 219 g/mol. The quantitative estimate of drug-likeness (QED) is 0.840. The van der Waals surface area contributed by atoms with E-state index in [9.17, 15) is 0 Å². The molecule has 0 amide bonds. The van der Waals surface area contributed by atoms with Crippen molar-refractivity contribution in [3.05, 3.63) is 35.9 Å². The number of hydrogen-bond acceptors (Lipinski definition) is 2. The molecule has 1 aromatic carbocycles. The lowest BCUT2D eigenvalue weighted by molar-refractivity contribution is 0.00798. The second kappa shape index (κ2) is 6.02. The fourth-order valence-electron chi connectivity index (χ4n) is 2.47. The maximum absolute atomic E-state index is 5.94. The van der Waals surface area contributed by atoms with Gasteiger partial charge in [0.25, 0.3) is 0 Å². The molecule has 1 aromatic rings. The zero-order valence-corrected chi connectivity index (χ0v) is 9.99. The van der Waals surface area contributed by atoms with Crippen LogP contribution in [-0.2, 0) is 4.74 Å². The van der Waals surface area contributed by atoms with Crippen LogP contribution >= 0.6 is 0 Å². The predicted molar refractivity (Wildman–Crippen MR) is 66.4 cm³/mol. The zero-order chi connectivity index (χ0) is 11.2. The Hall–Kier alpha value is -0.860. The number of nitrogens with one attached hydrogen (secondary N) is 1. The van der Waals surface area contributed by atoms with E-state index in [1.165, 1.54) is 18.4 Å². The molecule has 1 fully saturated rings. The van der Waals surface area contributed by atoms with Crippen LogP contribution < -0.4 is 5.32 Å². The molecular weight excluding hydrogens is 198 g/mol. The summed E-state index contributed by atoms with van der Waals surface area (Å²) in [5, 5.41) is 3.41. The highest BCUT2D eigenvalue weighted by molar-refractivity contribution is 5.18. The van der Waals surface area contributed by atoms with Crippen molar-refractivity contribution in [3.8, 4) is 0 Å². The van der Waals surface area contributed by atoms with Crippen LogP contribution in [0.2, 0.25) is 0 Å². The molecule has 1 aliphatic heterocycles. The van der Waals surface area contributed by atoms with E-state index in [0.29, 0.717) is 5.92 Å². The molecule has 2 nitrogen and oxygen atoms in total. The van der Waals surface area contributed by atoms with E-state index in [1.807, 2.05) is 0 Å². The van der Waals surface area contributed by atoms with Gasteiger partial charge in [-0.05, 0) is 44.3 Å². The largest absolute Gasteiger partial charge is 0.374 e. The fourth-order valence-corrected chi connectivity index (χ4v) is 2.47. The van der Waals surface area contributed by atoms with E-state index in [2.05, 4.69) is 42.6 Å². The third-order valence-corrected chi connectivity index (χ3v) is 3.29. The molecule has 0 unspecified atom stereocenters. The molecule has 16 heavy (non-hydrogen) atoms. The molecule has 88 valence electrons. The summed E-state index contributed by atoms with van der Waals surface area (Å²) in [7, 11) is 0. The second-order valence-electron chi connectivity index (χ2n) is 4.37. The van der Waals surface area contributed by atoms with Crippen molar-refractivity contribution in [2.75, 3.05) is 19.7 Å². The SMILES string of the molecule is CCO[C@H](c1ccccc1)C1CCNCC1. The molecule has 0 saturated carbocycles. The van der Waals surface area contributed by atoms with Gasteiger partial charge in [0.15, 0.2) is 0 Å². The van der Waals surface area contributed by atoms with Crippen LogP contribution in [0.5, 0.6) is 0 Å². The first kappa shape index (κ1) is 11.6. The Morgan fingerprint density at radius 3 is 2.56 bits per heavy atom. The summed E-state index contributed by atoms with van der Waals surface area (Å²) in [4.78, 5) is 0. The van der Waals surface area contributed by atoms with Gasteiger partial charge in [0.05, 0.1) is 6.10 Å². The minimum atomic E-state index is 0.285. The molecule has 0 radical (unpaired) electrons. The van der Waals surface area contributed by atoms with E-state index in [1.54, 1.807) is 0 Å². The molecule has 1 N–H and O–H groups in total. The van der Waals surface area contributed by atoms with E-state index in [4.69, 9.17) is 4.74 Å². The van der Waals surface area contributed by atoms with Crippen LogP contribution in [0.4, 0.5) is 0 Å². The topological polar surface area (TPSA) is 21.3 Å². The highest BCUT2D eigenvalue weighted by Gasteiger charge is 2.24. The Balaban J connectivity index is 2.09. The van der Waals surface area contributed by atoms with E-state index in [-0.39, 0.29) is 6.10 Å². The number of hydrogen-bond donors (Lipinski definition) is 1. The van der Waals surface area contributed by atoms with Gasteiger partial charge in [0, 0.05) is 6.61 Å². The van der Waals surface area contributed by atoms with Crippen molar-refractivity contribution in [1.29, 1.82) is 0 Å². The van der Waals surface area contributed by atoms with Gasteiger partial charge in [-0.2, -0.15) is 0 Å². The van der Waals surface area contributed by atoms with Gasteiger partial charge in [0.2, 0.25) is 0 Å². The average Bonchev–Trinajstić information content (AvgIpc) is 2.38. The van der Waals surface area contributed by atoms with Gasteiger partial charge in [-0.1, -0.05) is 30.3 Å². The lowest BCUT2D eigenvalue weighted by atomic mass is 9.88. The number of rotatable bonds is 4. The molecule has 0 aliphatic carbocycles. The molecule has 1 heterocycles. The summed E-state index contributed by atoms with van der Waals surface area (Å²) in [6.45, 7) is 5.13. The van der Waals surface area contributed by atoms with E-state index >= 15 is 0 Å². The Morgan fingerprint density at radius 1 is 1.25 bits per heavy atom. The first-order valence-corrected chi connectivity index (χ1v) is 6.29. The molecule has 2 heteroatoms. The lowest BCUT2D eigenvalue weighted by Gasteiger charge is -2.30. The number of ether oxygens (including phenoxy) is 1. The van der Waals surface area contributed by atoms with Crippen molar-refractivity contribution < 1.29 is 4.74 Å². The minimum absolute atomic E-state index is 0.285. The van der Waals surface area contributed by atoms with Crippen LogP contribution in [0.15, 0.2) is 30.3 Å². The second-order valence-corrected chi connectivity index (χ2v) is 4.37. The molecule has 0 bridgehead atoms. The van der Waals surface area contributed by atoms with Gasteiger partial charge in [-0.3, -0.25) is 0 Å². The van der Waals surface area contributed by atoms with Crippen molar-refractivity contribution in [2.45, 2.75) is 25.9 Å². The molecule has 2 rings (SSSR count). The first-order valence-electron chi connectivity index (χ1n) is 6.29. The Kier molecular flexibility index (Phi) is 4.37. The molecule has 0 spiro atoms. The van der Waals surface area contributed by atoms with Crippen LogP contribution in [-0.4, -0.2) is 19.7 Å². The Morgan fingerprint density at radius 2 is 1.94 bits per heavy atom. The number of piperidine rings is 1. The molecule has 1 aliphatic rings. The molecular formula is C14H21NO. The zero-order valence-electron chi connectivity index (χ0n) is 9.99. The van der Waals surface area contributed by atoms with Gasteiger partial charge in [-0.25, -0.2) is 0 Å². The summed E-state index contributed by atoms with van der Waals surface area (Å²) in [5.41, 5.74) is 1.33. The Labute approximate surface area is 98.0 Å². The first-order chi connectivity index (χ1) is 7.92. The lowest BCUT2D eigenvalue weighted by Crippen LogP contribution is -2.31. The summed E-state index contributed by atoms with van der Waals surface area (Å²) >= 11 is 0. The standard InChI is InChI=1S/C14H21NO/c1-2-16-14(12-6-4-3-5-7-12)13-8-10-15-11-9-13/h3-7,13-15H,2,8-11H2,1H3/t14-/m1/s1. The van der Waals surface area contributed by atoms with Crippen LogP contribution in [0.3, 0.4) is 0 Å². The predicted octanol–water partition coefficient (Wildman–Crippen LogP) is 2.76. The van der Waals surface area contributed by atoms with Gasteiger partial charge >= 0.3 is 0 Å². The number of benzene rings is 1. The third kappa shape index (κ3) is 2.83. The molecule has 1 atom stereocenters. The van der Waals surface area contributed by atoms with E-state index < -0.39 is 0 Å². The normalized spacial score (nSPS) is 19.6.